The summed E-state index contributed by atoms with van der Waals surface area (Å²) in [6, 6.07) is 26.6. The third-order valence-corrected chi connectivity index (χ3v) is 11.0. The summed E-state index contributed by atoms with van der Waals surface area (Å²) in [5, 5.41) is 32.5. The number of nitrogens with one attached hydrogen (secondary N) is 2. The molecule has 0 saturated heterocycles. The lowest BCUT2D eigenvalue weighted by Crippen LogP contribution is -2.64. The van der Waals surface area contributed by atoms with Gasteiger partial charge in [-0.15, -0.1) is 0 Å². The van der Waals surface area contributed by atoms with Gasteiger partial charge >= 0.3 is 0 Å². The normalized spacial score (nSPS) is 15.1. The van der Waals surface area contributed by atoms with Crippen LogP contribution in [0.15, 0.2) is 97.1 Å². The number of carbonyl (C=O) groups excluding carboxylic acids is 2. The highest BCUT2D eigenvalue weighted by molar-refractivity contribution is 6.06. The second-order valence-corrected chi connectivity index (χ2v) is 14.7. The topological polar surface area (TPSA) is 136 Å². The molecule has 54 heavy (non-hydrogen) atoms. The zero-order valence-electron chi connectivity index (χ0n) is 32.5. The van der Waals surface area contributed by atoms with Crippen molar-refractivity contribution < 1.29 is 38.7 Å². The van der Waals surface area contributed by atoms with Crippen molar-refractivity contribution in [1.29, 1.82) is 0 Å². The van der Waals surface area contributed by atoms with Gasteiger partial charge in [-0.2, -0.15) is 0 Å². The molecular formula is C44H54N2O8. The predicted octanol–water partition coefficient (Wildman–Crippen LogP) is 6.34. The van der Waals surface area contributed by atoms with E-state index in [0.717, 1.165) is 0 Å². The summed E-state index contributed by atoms with van der Waals surface area (Å²) in [6.45, 7) is 7.63. The Hall–Kier alpha value is -5.06. The molecule has 2 amide bonds. The number of hydrogen-bond acceptors (Lipinski definition) is 8. The van der Waals surface area contributed by atoms with Crippen molar-refractivity contribution in [2.45, 2.75) is 70.2 Å². The summed E-state index contributed by atoms with van der Waals surface area (Å²) >= 11 is 0. The molecule has 5 rings (SSSR count). The minimum atomic E-state index is -1.85. The first-order chi connectivity index (χ1) is 25.8. The SMILES string of the molecule is COc1ccccc1C(O)(c1ccccc1OC)[C@H](NC(=O)C1(C(=O)N[C@H](C(C)C)C(O)(c2ccccc2OC)c2ccccc2OC)CCC1)C(C)C. The Bertz CT molecular complexity index is 1690. The molecule has 288 valence electrons. The first-order valence-electron chi connectivity index (χ1n) is 18.5. The van der Waals surface area contributed by atoms with Crippen molar-refractivity contribution in [3.63, 3.8) is 0 Å². The minimum absolute atomic E-state index is 0.282. The molecule has 4 aromatic carbocycles. The molecule has 1 aliphatic rings. The number of benzene rings is 4. The van der Waals surface area contributed by atoms with Crippen LogP contribution in [0.25, 0.3) is 0 Å². The van der Waals surface area contributed by atoms with E-state index in [0.29, 0.717) is 51.7 Å². The second kappa shape index (κ2) is 16.5. The zero-order valence-corrected chi connectivity index (χ0v) is 32.5. The molecule has 0 unspecified atom stereocenters. The second-order valence-electron chi connectivity index (χ2n) is 14.7. The van der Waals surface area contributed by atoms with Gasteiger partial charge in [-0.1, -0.05) is 107 Å². The van der Waals surface area contributed by atoms with Crippen LogP contribution in [0, 0.1) is 17.3 Å². The van der Waals surface area contributed by atoms with E-state index in [1.54, 1.807) is 72.8 Å². The Balaban J connectivity index is 1.59. The van der Waals surface area contributed by atoms with Gasteiger partial charge in [-0.05, 0) is 48.9 Å². The number of hydrogen-bond donors (Lipinski definition) is 4. The summed E-state index contributed by atoms with van der Waals surface area (Å²) in [6.07, 6.45) is 1.21. The van der Waals surface area contributed by atoms with Crippen molar-refractivity contribution in [3.8, 4) is 23.0 Å². The van der Waals surface area contributed by atoms with E-state index in [9.17, 15) is 19.8 Å². The lowest BCUT2D eigenvalue weighted by Gasteiger charge is -2.46. The largest absolute Gasteiger partial charge is 0.496 e. The van der Waals surface area contributed by atoms with Gasteiger partial charge in [0, 0.05) is 22.3 Å². The Labute approximate surface area is 318 Å². The lowest BCUT2D eigenvalue weighted by molar-refractivity contribution is -0.153. The van der Waals surface area contributed by atoms with E-state index in [2.05, 4.69) is 10.6 Å². The van der Waals surface area contributed by atoms with Gasteiger partial charge in [0.1, 0.15) is 39.6 Å². The Morgan fingerprint density at radius 3 is 1.00 bits per heavy atom. The molecule has 2 atom stereocenters. The Morgan fingerprint density at radius 1 is 0.537 bits per heavy atom. The van der Waals surface area contributed by atoms with Crippen molar-refractivity contribution >= 4 is 11.8 Å². The number of aliphatic hydroxyl groups is 2. The molecule has 0 spiro atoms. The maximum Gasteiger partial charge on any atom is 0.236 e. The molecule has 10 heteroatoms. The van der Waals surface area contributed by atoms with Gasteiger partial charge in [-0.3, -0.25) is 9.59 Å². The van der Waals surface area contributed by atoms with Crippen LogP contribution in [0.4, 0.5) is 0 Å². The van der Waals surface area contributed by atoms with E-state index in [4.69, 9.17) is 18.9 Å². The zero-order chi connectivity index (χ0) is 39.3. The third kappa shape index (κ3) is 7.00. The summed E-state index contributed by atoms with van der Waals surface area (Å²) in [5.74, 6) is -0.00991. The molecule has 4 N–H and O–H groups in total. The standard InChI is InChI=1S/C44H54N2O8/c1-28(2)38(43(49,30-18-9-13-22-34(30)51-5)31-19-10-14-23-35(31)52-6)45-40(47)42(26-17-27-42)41(48)46-39(29(3)4)44(50,32-20-11-15-24-36(32)53-7)33-21-12-16-25-37(33)54-8/h9-16,18-25,28-29,38-39,49-50H,17,26-27H2,1-8H3,(H,45,47)(H,46,48)/t38-,39-/m1/s1. The molecule has 1 saturated carbocycles. The quantitative estimate of drug-likeness (QED) is 0.0979. The molecule has 1 aliphatic carbocycles. The minimum Gasteiger partial charge on any atom is -0.496 e. The maximum atomic E-state index is 14.8. The van der Waals surface area contributed by atoms with Crippen LogP contribution in [0.1, 0.15) is 69.2 Å². The molecule has 1 fully saturated rings. The molecular weight excluding hydrogens is 684 g/mol. The predicted molar refractivity (Wildman–Crippen MR) is 208 cm³/mol. The summed E-state index contributed by atoms with van der Waals surface area (Å²) in [4.78, 5) is 29.6. The van der Waals surface area contributed by atoms with Crippen LogP contribution in [-0.4, -0.2) is 62.6 Å². The van der Waals surface area contributed by atoms with E-state index in [-0.39, 0.29) is 24.7 Å². The average Bonchev–Trinajstić information content (AvgIpc) is 3.17. The van der Waals surface area contributed by atoms with Crippen LogP contribution < -0.4 is 29.6 Å². The number of ether oxygens (including phenoxy) is 4. The number of amides is 2. The first kappa shape index (κ1) is 40.1. The summed E-state index contributed by atoms with van der Waals surface area (Å²) < 4.78 is 23.0. The molecule has 0 bridgehead atoms. The fourth-order valence-electron chi connectivity index (χ4n) is 7.95. The van der Waals surface area contributed by atoms with E-state index in [1.807, 2.05) is 52.0 Å². The number of para-hydroxylation sites is 4. The highest BCUT2D eigenvalue weighted by atomic mass is 16.5. The molecule has 10 nitrogen and oxygen atoms in total. The van der Waals surface area contributed by atoms with Gasteiger partial charge in [0.25, 0.3) is 0 Å². The van der Waals surface area contributed by atoms with Gasteiger partial charge in [0.05, 0.1) is 40.5 Å². The van der Waals surface area contributed by atoms with Crippen molar-refractivity contribution in [3.05, 3.63) is 119 Å². The Kier molecular flexibility index (Phi) is 12.3. The van der Waals surface area contributed by atoms with Crippen LogP contribution in [0.3, 0.4) is 0 Å². The monoisotopic (exact) mass is 738 g/mol. The van der Waals surface area contributed by atoms with E-state index >= 15 is 0 Å². The van der Waals surface area contributed by atoms with Crippen molar-refractivity contribution in [2.24, 2.45) is 17.3 Å². The van der Waals surface area contributed by atoms with Crippen molar-refractivity contribution in [1.82, 2.24) is 10.6 Å². The Morgan fingerprint density at radius 2 is 0.796 bits per heavy atom. The van der Waals surface area contributed by atoms with Gasteiger partial charge < -0.3 is 39.8 Å². The van der Waals surface area contributed by atoms with Gasteiger partial charge in [-0.25, -0.2) is 0 Å². The number of rotatable bonds is 16. The lowest BCUT2D eigenvalue weighted by atomic mass is 9.65. The van der Waals surface area contributed by atoms with Crippen LogP contribution >= 0.6 is 0 Å². The summed E-state index contributed by atoms with van der Waals surface area (Å²) in [5.41, 5.74) is -3.45. The van der Waals surface area contributed by atoms with Crippen LogP contribution in [0.5, 0.6) is 23.0 Å². The van der Waals surface area contributed by atoms with Crippen LogP contribution in [-0.2, 0) is 20.8 Å². The number of methoxy groups -OCH3 is 4. The van der Waals surface area contributed by atoms with Crippen molar-refractivity contribution in [2.75, 3.05) is 28.4 Å². The molecule has 0 heterocycles. The molecule has 0 aromatic heterocycles. The maximum absolute atomic E-state index is 14.8. The van der Waals surface area contributed by atoms with Gasteiger partial charge in [0.2, 0.25) is 11.8 Å². The average molecular weight is 739 g/mol. The van der Waals surface area contributed by atoms with E-state index in [1.165, 1.54) is 28.4 Å². The fourth-order valence-corrected chi connectivity index (χ4v) is 7.95. The molecule has 0 aliphatic heterocycles. The summed E-state index contributed by atoms with van der Waals surface area (Å²) in [7, 11) is 6.11. The number of carbonyl (C=O) groups is 2. The smallest absolute Gasteiger partial charge is 0.236 e. The van der Waals surface area contributed by atoms with Crippen LogP contribution in [0.2, 0.25) is 0 Å². The van der Waals surface area contributed by atoms with Gasteiger partial charge in [0.15, 0.2) is 0 Å². The molecule has 4 aromatic rings. The highest BCUT2D eigenvalue weighted by Crippen LogP contribution is 2.48. The molecule has 0 radical (unpaired) electrons. The van der Waals surface area contributed by atoms with E-state index < -0.39 is 40.5 Å². The highest BCUT2D eigenvalue weighted by Gasteiger charge is 2.56. The third-order valence-electron chi connectivity index (χ3n) is 11.0. The fraction of sp³-hybridized carbons (Fsp3) is 0.409. The first-order valence-corrected chi connectivity index (χ1v) is 18.5.